The molecule has 0 radical (unpaired) electrons. The van der Waals surface area contributed by atoms with E-state index in [1.807, 2.05) is 66.7 Å². The van der Waals surface area contributed by atoms with E-state index in [9.17, 15) is 15.8 Å². The van der Waals surface area contributed by atoms with Crippen molar-refractivity contribution in [2.45, 2.75) is 0 Å². The highest BCUT2D eigenvalue weighted by molar-refractivity contribution is 6.10. The first-order chi connectivity index (χ1) is 21.2. The molecule has 0 aliphatic carbocycles. The van der Waals surface area contributed by atoms with Crippen LogP contribution >= 0.6 is 0 Å². The van der Waals surface area contributed by atoms with Gasteiger partial charge in [0, 0.05) is 46.7 Å². The first-order valence-corrected chi connectivity index (χ1v) is 13.3. The van der Waals surface area contributed by atoms with Crippen LogP contribution in [0, 0.1) is 34.0 Å². The number of benzene rings is 4. The van der Waals surface area contributed by atoms with E-state index in [0.717, 1.165) is 44.2 Å². The summed E-state index contributed by atoms with van der Waals surface area (Å²) in [5.74, 6) is 0.888. The molecule has 7 rings (SSSR count). The standard InChI is InChI=1S/C35H18N8/c36-15-22-18-39-34(40-19-22)25-10-12-32(30(13-25)35-41-20-23(16-37)21-42-35)43-31-8-4-3-7-28(31)29-11-9-24(14-33(29)43)27-6-2-1-5-26(27)17-38/h1-14,18-21H. The molecule has 0 fully saturated rings. The van der Waals surface area contributed by atoms with Crippen LogP contribution in [0.2, 0.25) is 0 Å². The van der Waals surface area contributed by atoms with Crippen molar-refractivity contribution < 1.29 is 0 Å². The highest BCUT2D eigenvalue weighted by atomic mass is 15.0. The number of rotatable bonds is 4. The van der Waals surface area contributed by atoms with Crippen LogP contribution in [0.15, 0.2) is 110 Å². The molecule has 0 saturated heterocycles. The summed E-state index contributed by atoms with van der Waals surface area (Å²) in [5, 5.41) is 30.4. The summed E-state index contributed by atoms with van der Waals surface area (Å²) in [4.78, 5) is 17.8. The lowest BCUT2D eigenvalue weighted by Gasteiger charge is -2.15. The van der Waals surface area contributed by atoms with Gasteiger partial charge >= 0.3 is 0 Å². The molecule has 4 aromatic carbocycles. The quantitative estimate of drug-likeness (QED) is 0.231. The van der Waals surface area contributed by atoms with Crippen LogP contribution in [0.3, 0.4) is 0 Å². The number of aromatic nitrogens is 5. The van der Waals surface area contributed by atoms with Crippen molar-refractivity contribution in [2.24, 2.45) is 0 Å². The van der Waals surface area contributed by atoms with E-state index >= 15 is 0 Å². The minimum Gasteiger partial charge on any atom is -0.308 e. The van der Waals surface area contributed by atoms with Crippen LogP contribution in [0.1, 0.15) is 16.7 Å². The summed E-state index contributed by atoms with van der Waals surface area (Å²) >= 11 is 0. The van der Waals surface area contributed by atoms with Gasteiger partial charge in [-0.3, -0.25) is 0 Å². The maximum atomic E-state index is 9.77. The average molecular weight is 551 g/mol. The fourth-order valence-corrected chi connectivity index (χ4v) is 5.34. The molecular weight excluding hydrogens is 532 g/mol. The van der Waals surface area contributed by atoms with E-state index in [1.165, 1.54) is 24.8 Å². The summed E-state index contributed by atoms with van der Waals surface area (Å²) in [6.45, 7) is 0. The van der Waals surface area contributed by atoms with Gasteiger partial charge in [0.15, 0.2) is 11.6 Å². The lowest BCUT2D eigenvalue weighted by atomic mass is 9.99. The Balaban J connectivity index is 1.52. The van der Waals surface area contributed by atoms with Gasteiger partial charge in [0.05, 0.1) is 39.5 Å². The number of hydrogen-bond acceptors (Lipinski definition) is 7. The summed E-state index contributed by atoms with van der Waals surface area (Å²) in [5.41, 5.74) is 7.29. The SMILES string of the molecule is N#Cc1cnc(-c2ccc(-n3c4ccccc4c4ccc(-c5ccccc5C#N)cc43)c(-c3ncc(C#N)cn3)c2)nc1. The summed E-state index contributed by atoms with van der Waals surface area (Å²) in [6, 6.07) is 34.2. The van der Waals surface area contributed by atoms with Crippen molar-refractivity contribution in [3.63, 3.8) is 0 Å². The minimum atomic E-state index is 0.356. The van der Waals surface area contributed by atoms with E-state index in [2.05, 4.69) is 60.9 Å². The molecule has 0 bridgehead atoms. The topological polar surface area (TPSA) is 128 Å². The Kier molecular flexibility index (Phi) is 6.10. The molecule has 3 heterocycles. The van der Waals surface area contributed by atoms with Crippen LogP contribution in [-0.2, 0) is 0 Å². The molecule has 0 N–H and O–H groups in total. The van der Waals surface area contributed by atoms with E-state index < -0.39 is 0 Å². The molecule has 0 amide bonds. The Labute approximate surface area is 246 Å². The lowest BCUT2D eigenvalue weighted by molar-refractivity contribution is 1.12. The molecule has 8 nitrogen and oxygen atoms in total. The molecule has 0 aliphatic heterocycles. The van der Waals surface area contributed by atoms with Gasteiger partial charge in [-0.15, -0.1) is 0 Å². The Morgan fingerprint density at radius 2 is 1.14 bits per heavy atom. The average Bonchev–Trinajstić information content (AvgIpc) is 3.41. The van der Waals surface area contributed by atoms with Gasteiger partial charge < -0.3 is 4.57 Å². The largest absolute Gasteiger partial charge is 0.308 e. The van der Waals surface area contributed by atoms with Crippen LogP contribution < -0.4 is 0 Å². The Bertz CT molecular complexity index is 2310. The van der Waals surface area contributed by atoms with Gasteiger partial charge in [0.2, 0.25) is 0 Å². The minimum absolute atomic E-state index is 0.356. The molecule has 3 aromatic heterocycles. The molecule has 7 aromatic rings. The molecule has 0 spiro atoms. The number of para-hydroxylation sites is 1. The number of nitrogens with zero attached hydrogens (tertiary/aromatic N) is 8. The zero-order valence-electron chi connectivity index (χ0n) is 22.5. The number of hydrogen-bond donors (Lipinski definition) is 0. The molecule has 0 saturated carbocycles. The fraction of sp³-hybridized carbons (Fsp3) is 0. The second-order valence-corrected chi connectivity index (χ2v) is 9.79. The predicted octanol–water partition coefficient (Wildman–Crippen LogP) is 6.98. The van der Waals surface area contributed by atoms with Crippen molar-refractivity contribution >= 4 is 21.8 Å². The smallest absolute Gasteiger partial charge is 0.161 e. The maximum Gasteiger partial charge on any atom is 0.161 e. The lowest BCUT2D eigenvalue weighted by Crippen LogP contribution is -2.01. The van der Waals surface area contributed by atoms with Crippen LogP contribution in [-0.4, -0.2) is 24.5 Å². The first-order valence-electron chi connectivity index (χ1n) is 13.3. The Morgan fingerprint density at radius 1 is 0.512 bits per heavy atom. The molecular formula is C35H18N8. The molecule has 43 heavy (non-hydrogen) atoms. The number of fused-ring (bicyclic) bond motifs is 3. The van der Waals surface area contributed by atoms with Gasteiger partial charge in [-0.2, -0.15) is 15.8 Å². The zero-order chi connectivity index (χ0) is 29.3. The third-order valence-corrected chi connectivity index (χ3v) is 7.33. The molecule has 198 valence electrons. The number of nitriles is 3. The van der Waals surface area contributed by atoms with Crippen LogP contribution in [0.25, 0.3) is 61.4 Å². The summed E-state index contributed by atoms with van der Waals surface area (Å²) in [7, 11) is 0. The third-order valence-electron chi connectivity index (χ3n) is 7.33. The molecule has 0 atom stereocenters. The van der Waals surface area contributed by atoms with Crippen molar-refractivity contribution in [3.8, 4) is 57.8 Å². The van der Waals surface area contributed by atoms with Crippen LogP contribution in [0.5, 0.6) is 0 Å². The Morgan fingerprint density at radius 3 is 1.86 bits per heavy atom. The van der Waals surface area contributed by atoms with E-state index in [0.29, 0.717) is 33.9 Å². The molecule has 0 unspecified atom stereocenters. The van der Waals surface area contributed by atoms with E-state index in [4.69, 9.17) is 0 Å². The third kappa shape index (κ3) is 4.31. The van der Waals surface area contributed by atoms with Gasteiger partial charge in [0.25, 0.3) is 0 Å². The highest BCUT2D eigenvalue weighted by Gasteiger charge is 2.19. The van der Waals surface area contributed by atoms with Crippen LogP contribution in [0.4, 0.5) is 0 Å². The van der Waals surface area contributed by atoms with Gasteiger partial charge in [0.1, 0.15) is 12.1 Å². The normalized spacial score (nSPS) is 10.7. The second-order valence-electron chi connectivity index (χ2n) is 9.79. The maximum absolute atomic E-state index is 9.77. The fourth-order valence-electron chi connectivity index (χ4n) is 5.34. The van der Waals surface area contributed by atoms with Gasteiger partial charge in [-0.05, 0) is 47.5 Å². The van der Waals surface area contributed by atoms with Crippen molar-refractivity contribution in [1.29, 1.82) is 15.8 Å². The summed E-state index contributed by atoms with van der Waals surface area (Å²) < 4.78 is 2.17. The van der Waals surface area contributed by atoms with Crippen molar-refractivity contribution in [1.82, 2.24) is 24.5 Å². The van der Waals surface area contributed by atoms with E-state index in [-0.39, 0.29) is 0 Å². The highest BCUT2D eigenvalue weighted by Crippen LogP contribution is 2.38. The van der Waals surface area contributed by atoms with Gasteiger partial charge in [-0.1, -0.05) is 48.5 Å². The van der Waals surface area contributed by atoms with Gasteiger partial charge in [-0.25, -0.2) is 19.9 Å². The zero-order valence-corrected chi connectivity index (χ0v) is 22.5. The van der Waals surface area contributed by atoms with Crippen molar-refractivity contribution in [2.75, 3.05) is 0 Å². The second kappa shape index (κ2) is 10.4. The van der Waals surface area contributed by atoms with E-state index in [1.54, 1.807) is 0 Å². The first kappa shape index (κ1) is 25.3. The molecule has 8 heteroatoms. The predicted molar refractivity (Wildman–Crippen MR) is 162 cm³/mol. The van der Waals surface area contributed by atoms with Crippen molar-refractivity contribution in [3.05, 3.63) is 126 Å². The molecule has 0 aliphatic rings. The Hall–Kier alpha value is -6.69. The summed E-state index contributed by atoms with van der Waals surface area (Å²) in [6.07, 6.45) is 5.98. The monoisotopic (exact) mass is 550 g/mol.